The van der Waals surface area contributed by atoms with Gasteiger partial charge >= 0.3 is 0 Å². The highest BCUT2D eigenvalue weighted by Crippen LogP contribution is 2.32. The number of carbonyl (C=O) groups is 1. The minimum Gasteiger partial charge on any atom is -0.369 e. The van der Waals surface area contributed by atoms with Gasteiger partial charge < -0.3 is 15.1 Å². The molecule has 0 bridgehead atoms. The topological polar surface area (TPSA) is 35.6 Å². The van der Waals surface area contributed by atoms with Crippen molar-refractivity contribution in [2.45, 2.75) is 51.2 Å². The molecule has 4 rings (SSSR count). The summed E-state index contributed by atoms with van der Waals surface area (Å²) < 4.78 is 13.4. The molecule has 1 aliphatic heterocycles. The maximum atomic E-state index is 13.4. The summed E-state index contributed by atoms with van der Waals surface area (Å²) in [4.78, 5) is 17.4. The highest BCUT2D eigenvalue weighted by molar-refractivity contribution is 5.97. The maximum absolute atomic E-state index is 13.4. The van der Waals surface area contributed by atoms with Gasteiger partial charge in [-0.25, -0.2) is 4.39 Å². The molecule has 2 aliphatic rings. The number of nitrogens with one attached hydrogen (secondary N) is 1. The van der Waals surface area contributed by atoms with Crippen molar-refractivity contribution in [1.29, 1.82) is 0 Å². The molecule has 2 aromatic carbocycles. The van der Waals surface area contributed by atoms with E-state index in [1.54, 1.807) is 17.0 Å². The van der Waals surface area contributed by atoms with Crippen molar-refractivity contribution in [3.8, 4) is 0 Å². The number of carbonyl (C=O) groups excluding carboxylic acids is 1. The summed E-state index contributed by atoms with van der Waals surface area (Å²) in [6.07, 6.45) is 4.37. The van der Waals surface area contributed by atoms with Gasteiger partial charge in [-0.15, -0.1) is 0 Å². The summed E-state index contributed by atoms with van der Waals surface area (Å²) >= 11 is 0. The second-order valence-corrected chi connectivity index (χ2v) is 7.74. The Kier molecular flexibility index (Phi) is 5.62. The Hall–Kier alpha value is -2.40. The predicted molar refractivity (Wildman–Crippen MR) is 111 cm³/mol. The molecular formula is C23H28FN3O. The lowest BCUT2D eigenvalue weighted by Crippen LogP contribution is -2.43. The first kappa shape index (κ1) is 18.9. The van der Waals surface area contributed by atoms with Crippen LogP contribution in [0.15, 0.2) is 48.5 Å². The Balaban J connectivity index is 1.60. The highest BCUT2D eigenvalue weighted by Gasteiger charge is 2.30. The number of benzene rings is 2. The number of anilines is 2. The third kappa shape index (κ3) is 4.20. The summed E-state index contributed by atoms with van der Waals surface area (Å²) in [5.74, 6) is -0.232. The summed E-state index contributed by atoms with van der Waals surface area (Å²) in [7, 11) is 0. The van der Waals surface area contributed by atoms with Crippen LogP contribution >= 0.6 is 0 Å². The van der Waals surface area contributed by atoms with Crippen LogP contribution in [0.1, 0.15) is 38.2 Å². The third-order valence-corrected chi connectivity index (χ3v) is 5.67. The summed E-state index contributed by atoms with van der Waals surface area (Å²) in [6.45, 7) is 4.53. The molecule has 1 N–H and O–H groups in total. The van der Waals surface area contributed by atoms with Crippen LogP contribution in [0.4, 0.5) is 15.8 Å². The molecule has 0 unspecified atom stereocenters. The molecule has 5 heteroatoms. The SMILES string of the molecule is CCN(c1cccc(CN(C(=O)[C@@H]2CCCN2)c2ccc(F)cc2)c1)C1CC1. The van der Waals surface area contributed by atoms with Gasteiger partial charge in [-0.3, -0.25) is 4.79 Å². The number of hydrogen-bond donors (Lipinski definition) is 1. The van der Waals surface area contributed by atoms with E-state index in [0.717, 1.165) is 37.2 Å². The zero-order valence-electron chi connectivity index (χ0n) is 16.4. The maximum Gasteiger partial charge on any atom is 0.244 e. The van der Waals surface area contributed by atoms with Crippen molar-refractivity contribution >= 4 is 17.3 Å². The molecule has 1 saturated carbocycles. The Morgan fingerprint density at radius 3 is 2.54 bits per heavy atom. The molecule has 1 aliphatic carbocycles. The van der Waals surface area contributed by atoms with Crippen LogP contribution in [0, 0.1) is 5.82 Å². The second-order valence-electron chi connectivity index (χ2n) is 7.74. The van der Waals surface area contributed by atoms with E-state index >= 15 is 0 Å². The molecule has 148 valence electrons. The molecule has 1 atom stereocenters. The van der Waals surface area contributed by atoms with Crippen LogP contribution in [0.2, 0.25) is 0 Å². The Labute approximate surface area is 166 Å². The van der Waals surface area contributed by atoms with E-state index in [2.05, 4.69) is 41.4 Å². The van der Waals surface area contributed by atoms with Crippen LogP contribution in [0.25, 0.3) is 0 Å². The van der Waals surface area contributed by atoms with Gasteiger partial charge in [-0.1, -0.05) is 12.1 Å². The first-order chi connectivity index (χ1) is 13.7. The van der Waals surface area contributed by atoms with E-state index in [0.29, 0.717) is 12.6 Å². The van der Waals surface area contributed by atoms with Gasteiger partial charge in [0.15, 0.2) is 0 Å². The fourth-order valence-electron chi connectivity index (χ4n) is 4.05. The van der Waals surface area contributed by atoms with E-state index in [-0.39, 0.29) is 17.8 Å². The third-order valence-electron chi connectivity index (χ3n) is 5.67. The van der Waals surface area contributed by atoms with E-state index in [9.17, 15) is 9.18 Å². The van der Waals surface area contributed by atoms with E-state index < -0.39 is 0 Å². The number of rotatable bonds is 7. The van der Waals surface area contributed by atoms with Gasteiger partial charge in [-0.2, -0.15) is 0 Å². The average Bonchev–Trinajstić information content (AvgIpc) is 3.39. The van der Waals surface area contributed by atoms with Crippen LogP contribution in [-0.2, 0) is 11.3 Å². The summed E-state index contributed by atoms with van der Waals surface area (Å²) in [6, 6.07) is 15.2. The quantitative estimate of drug-likeness (QED) is 0.784. The molecule has 0 spiro atoms. The van der Waals surface area contributed by atoms with Gasteiger partial charge in [0.2, 0.25) is 5.91 Å². The zero-order valence-corrected chi connectivity index (χ0v) is 16.4. The molecule has 0 aromatic heterocycles. The van der Waals surface area contributed by atoms with E-state index in [4.69, 9.17) is 0 Å². The van der Waals surface area contributed by atoms with Crippen molar-refractivity contribution in [2.24, 2.45) is 0 Å². The van der Waals surface area contributed by atoms with Crippen LogP contribution in [0.3, 0.4) is 0 Å². The van der Waals surface area contributed by atoms with E-state index in [1.165, 1.54) is 30.7 Å². The molecule has 1 heterocycles. The van der Waals surface area contributed by atoms with Crippen molar-refractivity contribution in [3.05, 3.63) is 59.9 Å². The minimum absolute atomic E-state index is 0.0593. The van der Waals surface area contributed by atoms with Gasteiger partial charge in [0.25, 0.3) is 0 Å². The van der Waals surface area contributed by atoms with E-state index in [1.807, 2.05) is 0 Å². The number of hydrogen-bond acceptors (Lipinski definition) is 3. The summed E-state index contributed by atoms with van der Waals surface area (Å²) in [5, 5.41) is 3.29. The van der Waals surface area contributed by atoms with Crippen molar-refractivity contribution in [3.63, 3.8) is 0 Å². The molecular weight excluding hydrogens is 353 g/mol. The molecule has 1 amide bonds. The van der Waals surface area contributed by atoms with Crippen LogP contribution in [0.5, 0.6) is 0 Å². The Bertz CT molecular complexity index is 813. The Morgan fingerprint density at radius 1 is 1.11 bits per heavy atom. The molecule has 0 radical (unpaired) electrons. The van der Waals surface area contributed by atoms with Crippen molar-refractivity contribution < 1.29 is 9.18 Å². The van der Waals surface area contributed by atoms with Crippen molar-refractivity contribution in [2.75, 3.05) is 22.9 Å². The normalized spacial score (nSPS) is 18.9. The molecule has 4 nitrogen and oxygen atoms in total. The standard InChI is InChI=1S/C23H28FN3O/c1-2-26(19-12-13-19)21-6-3-5-17(15-21)16-27(20-10-8-18(24)9-11-20)23(28)22-7-4-14-25-22/h3,5-6,8-11,15,19,22,25H,2,4,7,12-14,16H2,1H3/t22-/m0/s1. The minimum atomic E-state index is -0.292. The number of halogens is 1. The second kappa shape index (κ2) is 8.31. The fourth-order valence-corrected chi connectivity index (χ4v) is 4.05. The fraction of sp³-hybridized carbons (Fsp3) is 0.435. The number of amides is 1. The molecule has 2 aromatic rings. The lowest BCUT2D eigenvalue weighted by atomic mass is 10.1. The Morgan fingerprint density at radius 2 is 1.89 bits per heavy atom. The van der Waals surface area contributed by atoms with Crippen LogP contribution < -0.4 is 15.1 Å². The number of nitrogens with zero attached hydrogens (tertiary/aromatic N) is 2. The first-order valence-corrected chi connectivity index (χ1v) is 10.3. The van der Waals surface area contributed by atoms with Crippen LogP contribution in [-0.4, -0.2) is 31.1 Å². The average molecular weight is 381 g/mol. The first-order valence-electron chi connectivity index (χ1n) is 10.3. The molecule has 28 heavy (non-hydrogen) atoms. The van der Waals surface area contributed by atoms with Gasteiger partial charge in [0, 0.05) is 24.0 Å². The lowest BCUT2D eigenvalue weighted by molar-refractivity contribution is -0.120. The molecule has 1 saturated heterocycles. The smallest absolute Gasteiger partial charge is 0.244 e. The predicted octanol–water partition coefficient (Wildman–Crippen LogP) is 4.10. The van der Waals surface area contributed by atoms with Gasteiger partial charge in [0.1, 0.15) is 5.82 Å². The zero-order chi connectivity index (χ0) is 19.5. The largest absolute Gasteiger partial charge is 0.369 e. The molecule has 2 fully saturated rings. The van der Waals surface area contributed by atoms with Crippen molar-refractivity contribution in [1.82, 2.24) is 5.32 Å². The monoisotopic (exact) mass is 381 g/mol. The lowest BCUT2D eigenvalue weighted by Gasteiger charge is -2.27. The van der Waals surface area contributed by atoms with Gasteiger partial charge in [-0.05, 0) is 81.1 Å². The van der Waals surface area contributed by atoms with Gasteiger partial charge in [0.05, 0.1) is 12.6 Å². The summed E-state index contributed by atoms with van der Waals surface area (Å²) in [5.41, 5.74) is 3.04. The highest BCUT2D eigenvalue weighted by atomic mass is 19.1.